The van der Waals surface area contributed by atoms with E-state index in [0.717, 1.165) is 39.8 Å². The third-order valence-corrected chi connectivity index (χ3v) is 4.91. The van der Waals surface area contributed by atoms with Gasteiger partial charge in [-0.3, -0.25) is 0 Å². The summed E-state index contributed by atoms with van der Waals surface area (Å²) in [6, 6.07) is 25.3. The van der Waals surface area contributed by atoms with Crippen molar-refractivity contribution < 1.29 is 9.41 Å². The highest BCUT2D eigenvalue weighted by atomic mass is 16.3. The maximum atomic E-state index is 6.28. The Morgan fingerprint density at radius 3 is 2.30 bits per heavy atom. The molecular weight excluding hydrogens is 330 g/mol. The monoisotopic (exact) mass is 354 g/mol. The third kappa shape index (κ3) is 3.56. The smallest absolute Gasteiger partial charge is 0.219 e. The molecule has 0 aliphatic rings. The Hall–Kier alpha value is -3.13. The molecule has 0 fully saturated rings. The molecule has 27 heavy (non-hydrogen) atoms. The zero-order valence-corrected chi connectivity index (χ0v) is 16.0. The van der Waals surface area contributed by atoms with Crippen molar-refractivity contribution in [3.63, 3.8) is 0 Å². The molecule has 1 heterocycles. The van der Waals surface area contributed by atoms with Gasteiger partial charge in [0, 0.05) is 17.7 Å². The van der Waals surface area contributed by atoms with Crippen molar-refractivity contribution in [2.45, 2.75) is 27.2 Å². The van der Waals surface area contributed by atoms with Crippen LogP contribution in [0.15, 0.2) is 77.2 Å². The van der Waals surface area contributed by atoms with Crippen molar-refractivity contribution in [2.75, 3.05) is 0 Å². The number of nitrogens with one attached hydrogen (secondary N) is 1. The van der Waals surface area contributed by atoms with Crippen LogP contribution in [0.2, 0.25) is 0 Å². The maximum Gasteiger partial charge on any atom is 0.219 e. The van der Waals surface area contributed by atoms with Crippen LogP contribution in [0.3, 0.4) is 0 Å². The summed E-state index contributed by atoms with van der Waals surface area (Å²) in [5.41, 5.74) is 6.81. The molecule has 1 N–H and O–H groups in total. The fourth-order valence-corrected chi connectivity index (χ4v) is 3.53. The summed E-state index contributed by atoms with van der Waals surface area (Å²) in [5, 5.41) is 2.19. The molecule has 0 aliphatic carbocycles. The first-order valence-electron chi connectivity index (χ1n) is 9.43. The molecule has 0 aliphatic heterocycles. The summed E-state index contributed by atoms with van der Waals surface area (Å²) < 4.78 is 6.28. The topological polar surface area (TPSA) is 27.1 Å². The molecule has 2 nitrogen and oxygen atoms in total. The van der Waals surface area contributed by atoms with Gasteiger partial charge in [0.25, 0.3) is 0 Å². The molecule has 134 valence electrons. The van der Waals surface area contributed by atoms with E-state index >= 15 is 0 Å². The largest absolute Gasteiger partial charge is 0.456 e. The molecule has 4 rings (SSSR count). The summed E-state index contributed by atoms with van der Waals surface area (Å²) in [6.45, 7) is 6.42. The van der Waals surface area contributed by atoms with Gasteiger partial charge >= 0.3 is 0 Å². The van der Waals surface area contributed by atoms with E-state index in [1.807, 2.05) is 18.2 Å². The van der Waals surface area contributed by atoms with E-state index in [2.05, 4.69) is 80.4 Å². The van der Waals surface area contributed by atoms with Crippen LogP contribution in [-0.4, -0.2) is 0 Å². The minimum Gasteiger partial charge on any atom is -0.456 e. The van der Waals surface area contributed by atoms with Crippen LogP contribution in [0.5, 0.6) is 0 Å². The van der Waals surface area contributed by atoms with E-state index in [1.165, 1.54) is 16.7 Å². The maximum absolute atomic E-state index is 6.28. The van der Waals surface area contributed by atoms with Crippen molar-refractivity contribution in [3.8, 4) is 11.3 Å². The molecular formula is C25H24NO+. The fourth-order valence-electron chi connectivity index (χ4n) is 3.53. The molecule has 0 radical (unpaired) electrons. The first-order chi connectivity index (χ1) is 13.1. The second-order valence-corrected chi connectivity index (χ2v) is 7.02. The Morgan fingerprint density at radius 2 is 1.59 bits per heavy atom. The lowest BCUT2D eigenvalue weighted by Gasteiger charge is -2.06. The molecule has 3 aromatic carbocycles. The number of fused-ring (bicyclic) bond motifs is 1. The van der Waals surface area contributed by atoms with Gasteiger partial charge in [-0.1, -0.05) is 55.5 Å². The molecule has 0 atom stereocenters. The number of hydrogen-bond donors (Lipinski definition) is 1. The molecule has 0 saturated carbocycles. The summed E-state index contributed by atoms with van der Waals surface area (Å²) in [4.78, 5) is 3.61. The molecule has 0 spiro atoms. The Labute approximate surface area is 159 Å². The second-order valence-electron chi connectivity index (χ2n) is 7.02. The lowest BCUT2D eigenvalue weighted by molar-refractivity contribution is -0.400. The van der Waals surface area contributed by atoms with Gasteiger partial charge in [-0.15, -0.1) is 0 Å². The molecule has 2 heteroatoms. The van der Waals surface area contributed by atoms with Crippen molar-refractivity contribution in [1.29, 1.82) is 0 Å². The van der Waals surface area contributed by atoms with Crippen LogP contribution in [-0.2, 0) is 6.42 Å². The SMILES string of the molecule is CCc1ccc([NH+]=c2cc(-c3ccccc3)oc3cc(C)cc(C)c23)cc1. The van der Waals surface area contributed by atoms with Gasteiger partial charge in [-0.05, 0) is 43.0 Å². The van der Waals surface area contributed by atoms with E-state index in [0.29, 0.717) is 0 Å². The first kappa shape index (κ1) is 17.3. The number of benzene rings is 3. The lowest BCUT2D eigenvalue weighted by Crippen LogP contribution is -2.70. The van der Waals surface area contributed by atoms with Gasteiger partial charge in [-0.2, -0.15) is 0 Å². The zero-order valence-electron chi connectivity index (χ0n) is 16.0. The number of rotatable bonds is 3. The number of hydrogen-bond acceptors (Lipinski definition) is 1. The summed E-state index contributed by atoms with van der Waals surface area (Å²) in [7, 11) is 0. The minimum absolute atomic E-state index is 0.862. The van der Waals surface area contributed by atoms with Crippen LogP contribution in [0.25, 0.3) is 22.3 Å². The van der Waals surface area contributed by atoms with Crippen molar-refractivity contribution in [2.24, 2.45) is 0 Å². The lowest BCUT2D eigenvalue weighted by atomic mass is 10.0. The van der Waals surface area contributed by atoms with Crippen molar-refractivity contribution in [3.05, 3.63) is 94.8 Å². The minimum atomic E-state index is 0.862. The van der Waals surface area contributed by atoms with Crippen molar-refractivity contribution >= 4 is 16.7 Å². The normalized spacial score (nSPS) is 11.9. The summed E-state index contributed by atoms with van der Waals surface area (Å²) in [6.07, 6.45) is 1.05. The summed E-state index contributed by atoms with van der Waals surface area (Å²) >= 11 is 0. The predicted molar refractivity (Wildman–Crippen MR) is 111 cm³/mol. The second kappa shape index (κ2) is 7.24. The standard InChI is InChI=1S/C25H23NO/c1-4-19-10-12-21(13-11-19)26-22-16-23(20-8-6-5-7-9-20)27-24-15-17(2)14-18(3)25(22)24/h5-16H,4H2,1-3H3/p+1. The van der Waals surface area contributed by atoms with Crippen molar-refractivity contribution in [1.82, 2.24) is 0 Å². The van der Waals surface area contributed by atoms with Crippen LogP contribution in [0.1, 0.15) is 23.6 Å². The Morgan fingerprint density at radius 1 is 0.852 bits per heavy atom. The van der Waals surface area contributed by atoms with Crippen LogP contribution in [0, 0.1) is 13.8 Å². The average Bonchev–Trinajstić information content (AvgIpc) is 2.68. The molecule has 1 aromatic heterocycles. The van der Waals surface area contributed by atoms with E-state index in [9.17, 15) is 0 Å². The van der Waals surface area contributed by atoms with Gasteiger partial charge in [0.1, 0.15) is 11.3 Å². The highest BCUT2D eigenvalue weighted by molar-refractivity contribution is 5.82. The molecule has 0 bridgehead atoms. The van der Waals surface area contributed by atoms with Gasteiger partial charge in [0.2, 0.25) is 11.0 Å². The molecule has 0 unspecified atom stereocenters. The van der Waals surface area contributed by atoms with Gasteiger partial charge in [-0.25, -0.2) is 4.99 Å². The molecule has 0 amide bonds. The van der Waals surface area contributed by atoms with E-state index in [4.69, 9.17) is 4.42 Å². The van der Waals surface area contributed by atoms with Crippen LogP contribution < -0.4 is 10.3 Å². The van der Waals surface area contributed by atoms with Gasteiger partial charge in [0.05, 0.1) is 11.5 Å². The van der Waals surface area contributed by atoms with Gasteiger partial charge < -0.3 is 4.42 Å². The highest BCUT2D eigenvalue weighted by Gasteiger charge is 2.12. The Balaban J connectivity index is 2.00. The average molecular weight is 354 g/mol. The molecule has 0 saturated heterocycles. The molecule has 4 aromatic rings. The van der Waals surface area contributed by atoms with Gasteiger partial charge in [0.15, 0.2) is 0 Å². The third-order valence-electron chi connectivity index (χ3n) is 4.91. The van der Waals surface area contributed by atoms with E-state index < -0.39 is 0 Å². The summed E-state index contributed by atoms with van der Waals surface area (Å²) in [5.74, 6) is 0.862. The van der Waals surface area contributed by atoms with E-state index in [-0.39, 0.29) is 0 Å². The first-order valence-corrected chi connectivity index (χ1v) is 9.43. The highest BCUT2D eigenvalue weighted by Crippen LogP contribution is 2.24. The van der Waals surface area contributed by atoms with E-state index in [1.54, 1.807) is 0 Å². The zero-order chi connectivity index (χ0) is 18.8. The number of aryl methyl sites for hydroxylation is 3. The van der Waals surface area contributed by atoms with Crippen LogP contribution >= 0.6 is 0 Å². The van der Waals surface area contributed by atoms with Crippen LogP contribution in [0.4, 0.5) is 5.69 Å². The quantitative estimate of drug-likeness (QED) is 0.572. The Kier molecular flexibility index (Phi) is 4.64. The Bertz CT molecular complexity index is 1150. The fraction of sp³-hybridized carbons (Fsp3) is 0.160. The predicted octanol–water partition coefficient (Wildman–Crippen LogP) is 4.59.